The summed E-state index contributed by atoms with van der Waals surface area (Å²) >= 11 is 1.56. The first kappa shape index (κ1) is 19.3. The molecular weight excluding hydrogens is 390 g/mol. The van der Waals surface area contributed by atoms with Gasteiger partial charge in [-0.1, -0.05) is 23.9 Å². The highest BCUT2D eigenvalue weighted by molar-refractivity contribution is 7.98. The number of aromatic amines is 1. The Hall–Kier alpha value is -3.07. The number of rotatable bonds is 6. The van der Waals surface area contributed by atoms with E-state index >= 15 is 0 Å². The minimum absolute atomic E-state index is 0.0256. The number of nitrogens with zero attached hydrogens (tertiary/aromatic N) is 3. The maximum absolute atomic E-state index is 12.5. The highest BCUT2D eigenvalue weighted by Crippen LogP contribution is 2.19. The summed E-state index contributed by atoms with van der Waals surface area (Å²) in [6.45, 7) is 1.24. The smallest absolute Gasteiger partial charge is 0.257 e. The molecule has 0 atom stereocenters. The van der Waals surface area contributed by atoms with E-state index in [1.54, 1.807) is 22.7 Å². The van der Waals surface area contributed by atoms with E-state index in [0.29, 0.717) is 24.2 Å². The molecule has 0 unspecified atom stereocenters. The van der Waals surface area contributed by atoms with Crippen LogP contribution in [0, 0.1) is 0 Å². The van der Waals surface area contributed by atoms with Crippen molar-refractivity contribution in [3.05, 3.63) is 65.9 Å². The zero-order valence-corrected chi connectivity index (χ0v) is 16.5. The number of benzene rings is 1. The van der Waals surface area contributed by atoms with Gasteiger partial charge in [-0.15, -0.1) is 0 Å². The van der Waals surface area contributed by atoms with Gasteiger partial charge in [0, 0.05) is 30.4 Å². The summed E-state index contributed by atoms with van der Waals surface area (Å²) in [4.78, 5) is 30.8. The quantitative estimate of drug-likeness (QED) is 0.605. The molecule has 150 valence electrons. The van der Waals surface area contributed by atoms with Crippen LogP contribution in [0.3, 0.4) is 0 Å². The molecule has 2 N–H and O–H groups in total. The average Bonchev–Trinajstić information content (AvgIpc) is 3.47. The summed E-state index contributed by atoms with van der Waals surface area (Å²) in [6.07, 6.45) is 5.92. The number of thioether (sulfide) groups is 1. The van der Waals surface area contributed by atoms with E-state index in [9.17, 15) is 9.59 Å². The Morgan fingerprint density at radius 3 is 2.62 bits per heavy atom. The number of nitrogens with one attached hydrogen (secondary N) is 2. The molecule has 8 nitrogen and oxygen atoms in total. The maximum Gasteiger partial charge on any atom is 0.257 e. The largest absolute Gasteiger partial charge is 0.472 e. The first-order valence-electron chi connectivity index (χ1n) is 9.38. The Morgan fingerprint density at radius 2 is 1.97 bits per heavy atom. The number of likely N-dealkylation sites (tertiary alicyclic amines) is 1. The summed E-state index contributed by atoms with van der Waals surface area (Å²) in [5.41, 5.74) is 2.30. The SMILES string of the molecule is O=C(NC1CCN(C(=O)c2ccoc2)CC1)c1ccc(CSc2ncn[nH]2)cc1. The van der Waals surface area contributed by atoms with Gasteiger partial charge in [0.2, 0.25) is 0 Å². The summed E-state index contributed by atoms with van der Waals surface area (Å²) < 4.78 is 4.98. The van der Waals surface area contributed by atoms with E-state index in [4.69, 9.17) is 4.42 Å². The number of H-pyrrole nitrogens is 1. The molecule has 1 aromatic carbocycles. The van der Waals surface area contributed by atoms with Gasteiger partial charge in [0.05, 0.1) is 11.8 Å². The number of furan rings is 1. The Kier molecular flexibility index (Phi) is 5.95. The molecule has 3 aromatic rings. The second-order valence-electron chi connectivity index (χ2n) is 6.83. The van der Waals surface area contributed by atoms with Crippen LogP contribution in [-0.2, 0) is 5.75 Å². The number of carbonyl (C=O) groups excluding carboxylic acids is 2. The zero-order valence-electron chi connectivity index (χ0n) is 15.7. The minimum Gasteiger partial charge on any atom is -0.472 e. The third-order valence-corrected chi connectivity index (χ3v) is 5.82. The van der Waals surface area contributed by atoms with Crippen LogP contribution in [0.25, 0.3) is 0 Å². The van der Waals surface area contributed by atoms with Gasteiger partial charge in [0.1, 0.15) is 12.6 Å². The van der Waals surface area contributed by atoms with E-state index in [-0.39, 0.29) is 17.9 Å². The van der Waals surface area contributed by atoms with Crippen molar-refractivity contribution < 1.29 is 14.0 Å². The van der Waals surface area contributed by atoms with Crippen LogP contribution in [0.4, 0.5) is 0 Å². The molecule has 0 aliphatic carbocycles. The number of hydrogen-bond donors (Lipinski definition) is 2. The van der Waals surface area contributed by atoms with E-state index in [2.05, 4.69) is 20.5 Å². The standard InChI is InChI=1S/C20H21N5O3S/c26-18(15-3-1-14(2-4-15)12-29-20-21-13-22-24-20)23-17-5-8-25(9-6-17)19(27)16-7-10-28-11-16/h1-4,7,10-11,13,17H,5-6,8-9,12H2,(H,23,26)(H,21,22,24). The number of hydrogen-bond acceptors (Lipinski definition) is 6. The van der Waals surface area contributed by atoms with Crippen LogP contribution >= 0.6 is 11.8 Å². The lowest BCUT2D eigenvalue weighted by Gasteiger charge is -2.32. The maximum atomic E-state index is 12.5. The number of amides is 2. The molecule has 2 amide bonds. The van der Waals surface area contributed by atoms with E-state index in [0.717, 1.165) is 29.3 Å². The molecule has 0 radical (unpaired) electrons. The molecule has 0 spiro atoms. The fraction of sp³-hybridized carbons (Fsp3) is 0.300. The lowest BCUT2D eigenvalue weighted by atomic mass is 10.0. The molecular formula is C20H21N5O3S. The number of carbonyl (C=O) groups is 2. The van der Waals surface area contributed by atoms with Gasteiger partial charge in [0.15, 0.2) is 5.16 Å². The second-order valence-corrected chi connectivity index (χ2v) is 7.79. The Labute approximate surface area is 172 Å². The predicted octanol–water partition coefficient (Wildman–Crippen LogP) is 2.72. The second kappa shape index (κ2) is 8.95. The molecule has 1 fully saturated rings. The van der Waals surface area contributed by atoms with Crippen molar-refractivity contribution in [1.82, 2.24) is 25.4 Å². The minimum atomic E-state index is -0.0842. The van der Waals surface area contributed by atoms with Crippen molar-refractivity contribution in [1.29, 1.82) is 0 Å². The lowest BCUT2D eigenvalue weighted by Crippen LogP contribution is -2.46. The van der Waals surface area contributed by atoms with Crippen molar-refractivity contribution in [2.45, 2.75) is 29.8 Å². The lowest BCUT2D eigenvalue weighted by molar-refractivity contribution is 0.0697. The topological polar surface area (TPSA) is 104 Å². The van der Waals surface area contributed by atoms with Gasteiger partial charge in [-0.05, 0) is 36.6 Å². The third-order valence-electron chi connectivity index (χ3n) is 4.87. The predicted molar refractivity (Wildman–Crippen MR) is 107 cm³/mol. The molecule has 2 aromatic heterocycles. The number of aromatic nitrogens is 3. The van der Waals surface area contributed by atoms with Crippen molar-refractivity contribution in [3.63, 3.8) is 0 Å². The molecule has 0 saturated carbocycles. The third kappa shape index (κ3) is 4.86. The van der Waals surface area contributed by atoms with Crippen LogP contribution < -0.4 is 5.32 Å². The van der Waals surface area contributed by atoms with Gasteiger partial charge in [-0.3, -0.25) is 14.7 Å². The van der Waals surface area contributed by atoms with Crippen molar-refractivity contribution >= 4 is 23.6 Å². The highest BCUT2D eigenvalue weighted by atomic mass is 32.2. The Bertz CT molecular complexity index is 933. The van der Waals surface area contributed by atoms with Gasteiger partial charge < -0.3 is 14.6 Å². The molecule has 29 heavy (non-hydrogen) atoms. The molecule has 1 saturated heterocycles. The first-order chi connectivity index (χ1) is 14.2. The fourth-order valence-corrected chi connectivity index (χ4v) is 3.97. The van der Waals surface area contributed by atoms with Crippen LogP contribution in [0.1, 0.15) is 39.1 Å². The Balaban J connectivity index is 1.25. The molecule has 4 rings (SSSR count). The highest BCUT2D eigenvalue weighted by Gasteiger charge is 2.25. The summed E-state index contributed by atoms with van der Waals surface area (Å²) in [6, 6.07) is 9.31. The zero-order chi connectivity index (χ0) is 20.1. The average molecular weight is 411 g/mol. The van der Waals surface area contributed by atoms with Crippen molar-refractivity contribution in [2.24, 2.45) is 0 Å². The molecule has 1 aliphatic heterocycles. The van der Waals surface area contributed by atoms with Crippen LogP contribution in [0.2, 0.25) is 0 Å². The summed E-state index contributed by atoms with van der Waals surface area (Å²) in [5, 5.41) is 10.5. The van der Waals surface area contributed by atoms with Crippen LogP contribution in [0.5, 0.6) is 0 Å². The van der Waals surface area contributed by atoms with Crippen LogP contribution in [0.15, 0.2) is 58.8 Å². The van der Waals surface area contributed by atoms with E-state index in [1.165, 1.54) is 18.9 Å². The molecule has 9 heteroatoms. The summed E-state index contributed by atoms with van der Waals surface area (Å²) in [7, 11) is 0. The normalized spacial score (nSPS) is 14.7. The van der Waals surface area contributed by atoms with Crippen LogP contribution in [-0.4, -0.2) is 51.0 Å². The van der Waals surface area contributed by atoms with E-state index < -0.39 is 0 Å². The van der Waals surface area contributed by atoms with Gasteiger partial charge >= 0.3 is 0 Å². The number of piperidine rings is 1. The Morgan fingerprint density at radius 1 is 1.17 bits per heavy atom. The first-order valence-corrected chi connectivity index (χ1v) is 10.4. The van der Waals surface area contributed by atoms with Crippen molar-refractivity contribution in [3.8, 4) is 0 Å². The monoisotopic (exact) mass is 411 g/mol. The molecule has 0 bridgehead atoms. The van der Waals surface area contributed by atoms with Gasteiger partial charge in [-0.2, -0.15) is 5.10 Å². The molecule has 1 aliphatic rings. The van der Waals surface area contributed by atoms with Gasteiger partial charge in [0.25, 0.3) is 11.8 Å². The van der Waals surface area contributed by atoms with Gasteiger partial charge in [-0.25, -0.2) is 4.98 Å². The summed E-state index contributed by atoms with van der Waals surface area (Å²) in [5.74, 6) is 0.640. The fourth-order valence-electron chi connectivity index (χ4n) is 3.23. The van der Waals surface area contributed by atoms with E-state index in [1.807, 2.05) is 24.3 Å². The van der Waals surface area contributed by atoms with Crippen molar-refractivity contribution in [2.75, 3.05) is 13.1 Å². The molecule has 3 heterocycles.